The van der Waals surface area contributed by atoms with E-state index in [1.165, 1.54) is 25.7 Å². The highest BCUT2D eigenvalue weighted by molar-refractivity contribution is 5.85. The molecule has 0 saturated carbocycles. The second kappa shape index (κ2) is 16.6. The molecular formula is C50H56N6O4. The highest BCUT2D eigenvalue weighted by Crippen LogP contribution is 2.47. The average Bonchev–Trinajstić information content (AvgIpc) is 3.32. The van der Waals surface area contributed by atoms with Gasteiger partial charge < -0.3 is 18.9 Å². The van der Waals surface area contributed by atoms with Gasteiger partial charge in [0.25, 0.3) is 0 Å². The molecule has 4 bridgehead atoms. The van der Waals surface area contributed by atoms with E-state index in [-0.39, 0.29) is 24.3 Å². The van der Waals surface area contributed by atoms with Gasteiger partial charge in [-0.1, -0.05) is 57.0 Å². The molecule has 10 atom stereocenters. The number of rotatable bonds is 13. The number of methoxy groups -OCH3 is 2. The molecule has 60 heavy (non-hydrogen) atoms. The molecule has 0 N–H and O–H groups in total. The van der Waals surface area contributed by atoms with Gasteiger partial charge in [-0.3, -0.25) is 19.8 Å². The van der Waals surface area contributed by atoms with Crippen LogP contribution < -0.4 is 18.9 Å². The molecule has 12 rings (SSSR count). The Hall–Kier alpha value is -5.32. The lowest BCUT2D eigenvalue weighted by atomic mass is 9.72. The SMILES string of the molecule is CC[C@H]1CN2CC[C@H]1C[C@H]2[C@H](Oc1cc(O[C@H](c2ccnc3ccc(OC)cc23)[C@@H]2C[C@@H]3CCN2C[C@@H]3CC)nc(-c2ccccc2)n1)c1ccnc2ccc(OC)cc12. The van der Waals surface area contributed by atoms with Gasteiger partial charge in [-0.05, 0) is 111 Å². The smallest absolute Gasteiger partial charge is 0.221 e. The molecule has 0 spiro atoms. The van der Waals surface area contributed by atoms with Crippen molar-refractivity contribution < 1.29 is 18.9 Å². The van der Waals surface area contributed by atoms with E-state index in [0.29, 0.717) is 41.3 Å². The second-order valence-electron chi connectivity index (χ2n) is 17.4. The van der Waals surface area contributed by atoms with Crippen LogP contribution in [0.25, 0.3) is 33.2 Å². The highest BCUT2D eigenvalue weighted by Gasteiger charge is 2.46. The summed E-state index contributed by atoms with van der Waals surface area (Å²) in [6.45, 7) is 8.96. The number of ether oxygens (including phenoxy) is 4. The van der Waals surface area contributed by atoms with Crippen molar-refractivity contribution in [3.05, 3.63) is 108 Å². The van der Waals surface area contributed by atoms with Crippen molar-refractivity contribution in [1.29, 1.82) is 0 Å². The van der Waals surface area contributed by atoms with E-state index in [1.54, 1.807) is 14.2 Å². The topological polar surface area (TPSA) is 95.0 Å². The van der Waals surface area contributed by atoms with Crippen LogP contribution in [0.1, 0.15) is 75.7 Å². The van der Waals surface area contributed by atoms with Gasteiger partial charge >= 0.3 is 0 Å². The summed E-state index contributed by atoms with van der Waals surface area (Å²) < 4.78 is 26.2. The number of piperidine rings is 6. The summed E-state index contributed by atoms with van der Waals surface area (Å²) in [5.74, 6) is 5.85. The molecule has 6 fully saturated rings. The Balaban J connectivity index is 1.10. The van der Waals surface area contributed by atoms with Crippen molar-refractivity contribution in [3.63, 3.8) is 0 Å². The standard InChI is InChI=1S/C50H56N6O4/c1-5-31-29-55-22-18-34(31)24-44(55)48(38-16-20-51-42-14-12-36(57-3)26-40(38)42)59-46-28-47(54-50(53-46)33-10-8-7-9-11-33)60-49(45-25-35-19-23-56(45)30-32(35)6-2)39-17-21-52-43-15-13-37(58-4)27-41(39)43/h7-17,20-21,26-28,31-32,34-35,44-45,48-49H,5-6,18-19,22-25,29-30H2,1-4H3/t31-,32-,34-,35-,44-,45-,48+,49+/m0/s1. The molecule has 310 valence electrons. The Morgan fingerprint density at radius 2 is 1.12 bits per heavy atom. The second-order valence-corrected chi connectivity index (χ2v) is 17.4. The summed E-state index contributed by atoms with van der Waals surface area (Å²) in [6, 6.07) is 28.9. The minimum absolute atomic E-state index is 0.158. The number of pyridine rings is 2. The van der Waals surface area contributed by atoms with E-state index in [0.717, 1.165) is 89.0 Å². The van der Waals surface area contributed by atoms with Crippen LogP contribution in [0.5, 0.6) is 23.3 Å². The van der Waals surface area contributed by atoms with Gasteiger partial charge in [-0.25, -0.2) is 0 Å². The molecule has 10 heteroatoms. The van der Waals surface area contributed by atoms with E-state index >= 15 is 0 Å². The molecule has 6 aliphatic rings. The fraction of sp³-hybridized carbons (Fsp3) is 0.440. The maximum Gasteiger partial charge on any atom is 0.221 e. The predicted molar refractivity (Wildman–Crippen MR) is 235 cm³/mol. The summed E-state index contributed by atoms with van der Waals surface area (Å²) in [6.07, 6.45) is 10.1. The molecule has 0 amide bonds. The number of aromatic nitrogens is 4. The summed E-state index contributed by atoms with van der Waals surface area (Å²) in [4.78, 5) is 25.2. The number of hydrogen-bond donors (Lipinski definition) is 0. The fourth-order valence-corrected chi connectivity index (χ4v) is 11.2. The Labute approximate surface area is 353 Å². The monoisotopic (exact) mass is 804 g/mol. The number of fused-ring (bicyclic) bond motifs is 8. The van der Waals surface area contributed by atoms with Crippen LogP contribution >= 0.6 is 0 Å². The van der Waals surface area contributed by atoms with Gasteiger partial charge in [0, 0.05) is 52.9 Å². The van der Waals surface area contributed by atoms with Crippen molar-refractivity contribution in [1.82, 2.24) is 29.7 Å². The number of nitrogens with zero attached hydrogens (tertiary/aromatic N) is 6. The van der Waals surface area contributed by atoms with Gasteiger partial charge in [-0.15, -0.1) is 0 Å². The zero-order valence-electron chi connectivity index (χ0n) is 35.2. The molecule has 0 radical (unpaired) electrons. The van der Waals surface area contributed by atoms with Crippen LogP contribution in [0.15, 0.2) is 97.3 Å². The van der Waals surface area contributed by atoms with E-state index in [2.05, 4.69) is 60.0 Å². The average molecular weight is 805 g/mol. The van der Waals surface area contributed by atoms with Gasteiger partial charge in [0.05, 0.1) is 43.4 Å². The number of hydrogen-bond acceptors (Lipinski definition) is 10. The van der Waals surface area contributed by atoms with E-state index in [1.807, 2.05) is 60.9 Å². The van der Waals surface area contributed by atoms with Crippen LogP contribution in [0.4, 0.5) is 0 Å². The third-order valence-electron chi connectivity index (χ3n) is 14.4. The van der Waals surface area contributed by atoms with Crippen molar-refractivity contribution in [2.45, 2.75) is 76.7 Å². The maximum atomic E-state index is 7.38. The first-order valence-corrected chi connectivity index (χ1v) is 22.1. The van der Waals surface area contributed by atoms with Crippen LogP contribution in [0, 0.1) is 23.7 Å². The van der Waals surface area contributed by atoms with Gasteiger partial charge in [0.15, 0.2) is 5.82 Å². The molecule has 10 nitrogen and oxygen atoms in total. The largest absolute Gasteiger partial charge is 0.497 e. The van der Waals surface area contributed by atoms with Crippen molar-refractivity contribution >= 4 is 21.8 Å². The highest BCUT2D eigenvalue weighted by atomic mass is 16.5. The van der Waals surface area contributed by atoms with Crippen LogP contribution in [0.3, 0.4) is 0 Å². The van der Waals surface area contributed by atoms with E-state index < -0.39 is 0 Å². The third kappa shape index (κ3) is 7.32. The molecule has 6 saturated heterocycles. The summed E-state index contributed by atoms with van der Waals surface area (Å²) >= 11 is 0. The first-order valence-electron chi connectivity index (χ1n) is 22.1. The van der Waals surface area contributed by atoms with E-state index in [4.69, 9.17) is 38.9 Å². The molecule has 9 heterocycles. The quantitative estimate of drug-likeness (QED) is 0.112. The minimum Gasteiger partial charge on any atom is -0.497 e. The van der Waals surface area contributed by atoms with Crippen molar-refractivity contribution in [2.75, 3.05) is 40.4 Å². The lowest BCUT2D eigenvalue weighted by Crippen LogP contribution is -2.56. The molecule has 2 unspecified atom stereocenters. The summed E-state index contributed by atoms with van der Waals surface area (Å²) in [5, 5.41) is 2.05. The van der Waals surface area contributed by atoms with Crippen molar-refractivity contribution in [3.8, 4) is 34.6 Å². The van der Waals surface area contributed by atoms with Crippen LogP contribution in [-0.4, -0.2) is 82.2 Å². The molecule has 6 aromatic rings. The number of benzene rings is 3. The predicted octanol–water partition coefficient (Wildman–Crippen LogP) is 9.74. The fourth-order valence-electron chi connectivity index (χ4n) is 11.2. The Kier molecular flexibility index (Phi) is 10.8. The van der Waals surface area contributed by atoms with Crippen molar-refractivity contribution in [2.24, 2.45) is 23.7 Å². The molecule has 0 aliphatic carbocycles. The first-order chi connectivity index (χ1) is 29.5. The molecule has 3 aromatic carbocycles. The van der Waals surface area contributed by atoms with Crippen LogP contribution in [0.2, 0.25) is 0 Å². The lowest BCUT2D eigenvalue weighted by Gasteiger charge is -2.52. The first kappa shape index (κ1) is 38.9. The van der Waals surface area contributed by atoms with Gasteiger partial charge in [0.2, 0.25) is 11.8 Å². The zero-order chi connectivity index (χ0) is 40.7. The van der Waals surface area contributed by atoms with E-state index in [9.17, 15) is 0 Å². The molecule has 3 aromatic heterocycles. The Bertz CT molecular complexity index is 2320. The minimum atomic E-state index is -0.326. The van der Waals surface area contributed by atoms with Gasteiger partial charge in [0.1, 0.15) is 23.7 Å². The lowest BCUT2D eigenvalue weighted by molar-refractivity contribution is -0.0513. The summed E-state index contributed by atoms with van der Waals surface area (Å²) in [5.41, 5.74) is 4.88. The van der Waals surface area contributed by atoms with Crippen LogP contribution in [-0.2, 0) is 0 Å². The Morgan fingerprint density at radius 3 is 1.55 bits per heavy atom. The summed E-state index contributed by atoms with van der Waals surface area (Å²) in [7, 11) is 3.43. The molecule has 6 aliphatic heterocycles. The maximum absolute atomic E-state index is 7.38. The third-order valence-corrected chi connectivity index (χ3v) is 14.4. The zero-order valence-corrected chi connectivity index (χ0v) is 35.2. The van der Waals surface area contributed by atoms with Gasteiger partial charge in [-0.2, -0.15) is 9.97 Å². The normalized spacial score (nSPS) is 26.8. The molecular weight excluding hydrogens is 749 g/mol. The Morgan fingerprint density at radius 1 is 0.617 bits per heavy atom.